The fourth-order valence-electron chi connectivity index (χ4n) is 1.46. The van der Waals surface area contributed by atoms with E-state index in [1.807, 2.05) is 25.1 Å². The lowest BCUT2D eigenvalue weighted by Crippen LogP contribution is -2.29. The van der Waals surface area contributed by atoms with Crippen molar-refractivity contribution in [3.8, 4) is 0 Å². The number of rotatable bonds is 4. The molecule has 0 aromatic heterocycles. The largest absolute Gasteiger partial charge is 0.342 e. The maximum Gasteiger partial charge on any atom is 0.253 e. The van der Waals surface area contributed by atoms with E-state index < -0.39 is 0 Å². The molecule has 88 valence electrons. The minimum atomic E-state index is 0.0484. The molecule has 1 aromatic rings. The molecular formula is C12H17BrN2O. The van der Waals surface area contributed by atoms with Crippen LogP contribution in [0, 0.1) is 6.92 Å². The average molecular weight is 285 g/mol. The van der Waals surface area contributed by atoms with Crippen LogP contribution in [-0.2, 0) is 0 Å². The number of carbonyl (C=O) groups excluding carboxylic acids is 1. The molecule has 0 unspecified atom stereocenters. The van der Waals surface area contributed by atoms with Gasteiger partial charge in [-0.15, -0.1) is 0 Å². The first-order valence-corrected chi connectivity index (χ1v) is 6.07. The Morgan fingerprint density at radius 2 is 2.19 bits per heavy atom. The van der Waals surface area contributed by atoms with E-state index in [4.69, 9.17) is 5.73 Å². The Morgan fingerprint density at radius 3 is 2.81 bits per heavy atom. The summed E-state index contributed by atoms with van der Waals surface area (Å²) in [6, 6.07) is 5.73. The second-order valence-electron chi connectivity index (χ2n) is 3.83. The maximum atomic E-state index is 12.1. The molecule has 0 radical (unpaired) electrons. The fourth-order valence-corrected chi connectivity index (χ4v) is 1.82. The Hall–Kier alpha value is -0.870. The van der Waals surface area contributed by atoms with Gasteiger partial charge in [-0.3, -0.25) is 4.79 Å². The second-order valence-corrected chi connectivity index (χ2v) is 4.74. The third-order valence-electron chi connectivity index (χ3n) is 2.47. The van der Waals surface area contributed by atoms with Crippen LogP contribution in [0.2, 0.25) is 0 Å². The van der Waals surface area contributed by atoms with E-state index in [0.717, 1.165) is 22.0 Å². The Labute approximate surface area is 105 Å². The highest BCUT2D eigenvalue weighted by Gasteiger charge is 2.13. The molecule has 1 amide bonds. The molecule has 1 aromatic carbocycles. The lowest BCUT2D eigenvalue weighted by molar-refractivity contribution is 0.0793. The van der Waals surface area contributed by atoms with Gasteiger partial charge < -0.3 is 10.6 Å². The number of hydrogen-bond donors (Lipinski definition) is 1. The molecule has 0 aliphatic heterocycles. The number of carbonyl (C=O) groups is 1. The SMILES string of the molecule is Cc1ccc(Br)cc1C(=O)N(C)CCCN. The summed E-state index contributed by atoms with van der Waals surface area (Å²) < 4.78 is 0.925. The third kappa shape index (κ3) is 3.32. The van der Waals surface area contributed by atoms with Gasteiger partial charge in [-0.1, -0.05) is 22.0 Å². The first kappa shape index (κ1) is 13.2. The quantitative estimate of drug-likeness (QED) is 0.921. The first-order chi connectivity index (χ1) is 7.56. The van der Waals surface area contributed by atoms with Gasteiger partial charge >= 0.3 is 0 Å². The number of hydrogen-bond acceptors (Lipinski definition) is 2. The predicted molar refractivity (Wildman–Crippen MR) is 69.5 cm³/mol. The smallest absolute Gasteiger partial charge is 0.253 e. The van der Waals surface area contributed by atoms with Gasteiger partial charge in [0.05, 0.1) is 0 Å². The summed E-state index contributed by atoms with van der Waals surface area (Å²) in [5, 5.41) is 0. The molecule has 4 heteroatoms. The number of nitrogens with zero attached hydrogens (tertiary/aromatic N) is 1. The van der Waals surface area contributed by atoms with Crippen molar-refractivity contribution >= 4 is 21.8 Å². The lowest BCUT2D eigenvalue weighted by Gasteiger charge is -2.18. The zero-order valence-electron chi connectivity index (χ0n) is 9.66. The number of halogens is 1. The van der Waals surface area contributed by atoms with Crippen molar-refractivity contribution in [2.45, 2.75) is 13.3 Å². The molecule has 0 fully saturated rings. The second kappa shape index (κ2) is 6.01. The van der Waals surface area contributed by atoms with Crippen LogP contribution in [-0.4, -0.2) is 30.9 Å². The van der Waals surface area contributed by atoms with E-state index in [0.29, 0.717) is 13.1 Å². The monoisotopic (exact) mass is 284 g/mol. The minimum absolute atomic E-state index is 0.0484. The highest BCUT2D eigenvalue weighted by atomic mass is 79.9. The first-order valence-electron chi connectivity index (χ1n) is 5.28. The molecule has 0 bridgehead atoms. The summed E-state index contributed by atoms with van der Waals surface area (Å²) in [4.78, 5) is 13.8. The van der Waals surface area contributed by atoms with Crippen LogP contribution in [0.4, 0.5) is 0 Å². The Morgan fingerprint density at radius 1 is 1.50 bits per heavy atom. The number of benzene rings is 1. The van der Waals surface area contributed by atoms with E-state index in [1.165, 1.54) is 0 Å². The van der Waals surface area contributed by atoms with Crippen molar-refractivity contribution in [2.75, 3.05) is 20.1 Å². The normalized spacial score (nSPS) is 10.2. The van der Waals surface area contributed by atoms with Crippen LogP contribution < -0.4 is 5.73 Å². The molecule has 0 spiro atoms. The average Bonchev–Trinajstić information content (AvgIpc) is 2.28. The molecule has 0 saturated heterocycles. The molecule has 2 N–H and O–H groups in total. The summed E-state index contributed by atoms with van der Waals surface area (Å²) >= 11 is 3.38. The van der Waals surface area contributed by atoms with Crippen LogP contribution in [0.5, 0.6) is 0 Å². The lowest BCUT2D eigenvalue weighted by atomic mass is 10.1. The number of amides is 1. The molecule has 0 aliphatic carbocycles. The highest BCUT2D eigenvalue weighted by Crippen LogP contribution is 2.17. The summed E-state index contributed by atoms with van der Waals surface area (Å²) in [5.41, 5.74) is 7.16. The molecule has 16 heavy (non-hydrogen) atoms. The van der Waals surface area contributed by atoms with Crippen LogP contribution >= 0.6 is 15.9 Å². The topological polar surface area (TPSA) is 46.3 Å². The predicted octanol–water partition coefficient (Wildman–Crippen LogP) is 2.18. The van der Waals surface area contributed by atoms with Crippen LogP contribution in [0.25, 0.3) is 0 Å². The van der Waals surface area contributed by atoms with Gasteiger partial charge in [0.2, 0.25) is 0 Å². The van der Waals surface area contributed by atoms with Crippen LogP contribution in [0.3, 0.4) is 0 Å². The van der Waals surface area contributed by atoms with Crippen molar-refractivity contribution in [1.29, 1.82) is 0 Å². The van der Waals surface area contributed by atoms with Crippen molar-refractivity contribution in [2.24, 2.45) is 5.73 Å². The molecule has 1 rings (SSSR count). The minimum Gasteiger partial charge on any atom is -0.342 e. The molecule has 0 atom stereocenters. The zero-order chi connectivity index (χ0) is 12.1. The van der Waals surface area contributed by atoms with Crippen LogP contribution in [0.1, 0.15) is 22.3 Å². The van der Waals surface area contributed by atoms with Crippen molar-refractivity contribution in [3.63, 3.8) is 0 Å². The molecule has 3 nitrogen and oxygen atoms in total. The molecule has 0 aliphatic rings. The van der Waals surface area contributed by atoms with Gasteiger partial charge in [0, 0.05) is 23.6 Å². The summed E-state index contributed by atoms with van der Waals surface area (Å²) in [5.74, 6) is 0.0484. The molecule has 0 heterocycles. The van der Waals surface area contributed by atoms with Gasteiger partial charge in [-0.05, 0) is 37.6 Å². The summed E-state index contributed by atoms with van der Waals surface area (Å²) in [6.45, 7) is 3.24. The third-order valence-corrected chi connectivity index (χ3v) is 2.97. The fraction of sp³-hybridized carbons (Fsp3) is 0.417. The molecule has 0 saturated carbocycles. The maximum absolute atomic E-state index is 12.1. The van der Waals surface area contributed by atoms with Crippen molar-refractivity contribution in [3.05, 3.63) is 33.8 Å². The standard InChI is InChI=1S/C12H17BrN2O/c1-9-4-5-10(13)8-11(9)12(16)15(2)7-3-6-14/h4-5,8H,3,6-7,14H2,1-2H3. The van der Waals surface area contributed by atoms with E-state index >= 15 is 0 Å². The van der Waals surface area contributed by atoms with E-state index in [2.05, 4.69) is 15.9 Å². The Bertz CT molecular complexity index is 379. The van der Waals surface area contributed by atoms with E-state index in [1.54, 1.807) is 11.9 Å². The van der Waals surface area contributed by atoms with Crippen LogP contribution in [0.15, 0.2) is 22.7 Å². The summed E-state index contributed by atoms with van der Waals surface area (Å²) in [7, 11) is 1.80. The Balaban J connectivity index is 2.83. The number of nitrogens with two attached hydrogens (primary N) is 1. The van der Waals surface area contributed by atoms with Gasteiger partial charge in [0.15, 0.2) is 0 Å². The zero-order valence-corrected chi connectivity index (χ0v) is 11.3. The molecular weight excluding hydrogens is 268 g/mol. The van der Waals surface area contributed by atoms with E-state index in [9.17, 15) is 4.79 Å². The van der Waals surface area contributed by atoms with Crippen molar-refractivity contribution in [1.82, 2.24) is 4.90 Å². The Kier molecular flexibility index (Phi) is 4.96. The summed E-state index contributed by atoms with van der Waals surface area (Å²) in [6.07, 6.45) is 0.829. The van der Waals surface area contributed by atoms with Gasteiger partial charge in [0.25, 0.3) is 5.91 Å². The number of aryl methyl sites for hydroxylation is 1. The van der Waals surface area contributed by atoms with Gasteiger partial charge in [-0.2, -0.15) is 0 Å². The van der Waals surface area contributed by atoms with E-state index in [-0.39, 0.29) is 5.91 Å². The highest BCUT2D eigenvalue weighted by molar-refractivity contribution is 9.10. The van der Waals surface area contributed by atoms with Gasteiger partial charge in [-0.25, -0.2) is 0 Å². The van der Waals surface area contributed by atoms with Crippen molar-refractivity contribution < 1.29 is 4.79 Å². The van der Waals surface area contributed by atoms with Gasteiger partial charge in [0.1, 0.15) is 0 Å².